The molecule has 0 aliphatic heterocycles. The lowest BCUT2D eigenvalue weighted by Gasteiger charge is -2.07. The highest BCUT2D eigenvalue weighted by atomic mass is 79.9. The first-order valence-corrected chi connectivity index (χ1v) is 7.05. The summed E-state index contributed by atoms with van der Waals surface area (Å²) in [6.45, 7) is 1.72. The van der Waals surface area contributed by atoms with Crippen molar-refractivity contribution >= 4 is 38.9 Å². The Hall–Kier alpha value is -1.40. The number of thiophene rings is 1. The zero-order chi connectivity index (χ0) is 14.0. The van der Waals surface area contributed by atoms with Crippen LogP contribution in [0.4, 0.5) is 10.1 Å². The predicted octanol–water partition coefficient (Wildman–Crippen LogP) is 3.90. The second-order valence-electron chi connectivity index (χ2n) is 3.95. The van der Waals surface area contributed by atoms with Crippen molar-refractivity contribution in [1.82, 2.24) is 0 Å². The fraction of sp³-hybridized carbons (Fsp3) is 0.154. The average Bonchev–Trinajstić information content (AvgIpc) is 2.78. The third kappa shape index (κ3) is 3.33. The van der Waals surface area contributed by atoms with Gasteiger partial charge in [-0.25, -0.2) is 9.18 Å². The highest BCUT2D eigenvalue weighted by Gasteiger charge is 2.12. The molecule has 0 aliphatic carbocycles. The van der Waals surface area contributed by atoms with Gasteiger partial charge in [-0.05, 0) is 47.1 Å². The van der Waals surface area contributed by atoms with E-state index in [0.717, 1.165) is 14.7 Å². The molecule has 0 unspecified atom stereocenters. The maximum Gasteiger partial charge on any atom is 0.338 e. The molecule has 1 heterocycles. The summed E-state index contributed by atoms with van der Waals surface area (Å²) < 4.78 is 19.5. The van der Waals surface area contributed by atoms with Gasteiger partial charge in [0.2, 0.25) is 0 Å². The maximum absolute atomic E-state index is 13.5. The van der Waals surface area contributed by atoms with Crippen LogP contribution in [0.3, 0.4) is 0 Å². The van der Waals surface area contributed by atoms with Crippen molar-refractivity contribution < 1.29 is 13.9 Å². The second-order valence-corrected chi connectivity index (χ2v) is 6.50. The lowest BCUT2D eigenvalue weighted by Crippen LogP contribution is -2.07. The van der Waals surface area contributed by atoms with E-state index in [1.165, 1.54) is 17.4 Å². The van der Waals surface area contributed by atoms with Gasteiger partial charge >= 0.3 is 5.97 Å². The van der Waals surface area contributed by atoms with Gasteiger partial charge in [0.05, 0.1) is 9.35 Å². The Kier molecular flexibility index (Phi) is 4.21. The lowest BCUT2D eigenvalue weighted by molar-refractivity contribution is 0.0476. The predicted molar refractivity (Wildman–Crippen MR) is 76.7 cm³/mol. The topological polar surface area (TPSA) is 52.3 Å². The van der Waals surface area contributed by atoms with Gasteiger partial charge in [-0.15, -0.1) is 11.3 Å². The van der Waals surface area contributed by atoms with E-state index in [9.17, 15) is 9.18 Å². The molecule has 0 amide bonds. The van der Waals surface area contributed by atoms with Crippen LogP contribution in [0.2, 0.25) is 0 Å². The molecule has 0 spiro atoms. The van der Waals surface area contributed by atoms with Gasteiger partial charge in [-0.1, -0.05) is 0 Å². The molecule has 2 aromatic rings. The molecule has 0 atom stereocenters. The van der Waals surface area contributed by atoms with Crippen LogP contribution in [0.15, 0.2) is 28.1 Å². The molecule has 3 nitrogen and oxygen atoms in total. The molecule has 2 rings (SSSR count). The SMILES string of the molecule is Cc1c(N)cc(C(=O)OCc2ccc(Br)s2)cc1F. The Morgan fingerprint density at radius 1 is 1.47 bits per heavy atom. The molecular weight excluding hydrogens is 333 g/mol. The summed E-state index contributed by atoms with van der Waals surface area (Å²) in [5, 5.41) is 0. The molecular formula is C13H11BrFNO2S. The average molecular weight is 344 g/mol. The monoisotopic (exact) mass is 343 g/mol. The quantitative estimate of drug-likeness (QED) is 0.679. The van der Waals surface area contributed by atoms with Crippen LogP contribution in [0.5, 0.6) is 0 Å². The van der Waals surface area contributed by atoms with E-state index in [0.29, 0.717) is 5.56 Å². The fourth-order valence-corrected chi connectivity index (χ4v) is 2.86. The van der Waals surface area contributed by atoms with Gasteiger partial charge in [-0.3, -0.25) is 0 Å². The lowest BCUT2D eigenvalue weighted by atomic mass is 10.1. The third-order valence-corrected chi connectivity index (χ3v) is 4.19. The third-order valence-electron chi connectivity index (χ3n) is 2.59. The van der Waals surface area contributed by atoms with E-state index in [-0.39, 0.29) is 17.9 Å². The summed E-state index contributed by atoms with van der Waals surface area (Å²) in [4.78, 5) is 12.7. The molecule has 0 radical (unpaired) electrons. The van der Waals surface area contributed by atoms with Crippen LogP contribution in [0.1, 0.15) is 20.8 Å². The first-order valence-electron chi connectivity index (χ1n) is 5.44. The van der Waals surface area contributed by atoms with Crippen LogP contribution in [0, 0.1) is 12.7 Å². The number of carbonyl (C=O) groups excluding carboxylic acids is 1. The molecule has 0 fully saturated rings. The minimum atomic E-state index is -0.588. The number of ether oxygens (including phenoxy) is 1. The number of carbonyl (C=O) groups is 1. The standard InChI is InChI=1S/C13H11BrFNO2S/c1-7-10(15)4-8(5-11(7)16)13(17)18-6-9-2-3-12(14)19-9/h2-5H,6,16H2,1H3. The smallest absolute Gasteiger partial charge is 0.338 e. The Balaban J connectivity index is 2.08. The summed E-state index contributed by atoms with van der Waals surface area (Å²) in [6, 6.07) is 6.28. The van der Waals surface area contributed by atoms with E-state index in [2.05, 4.69) is 15.9 Å². The molecule has 0 aliphatic rings. The van der Waals surface area contributed by atoms with Crippen molar-refractivity contribution in [3.63, 3.8) is 0 Å². The molecule has 0 bridgehead atoms. The van der Waals surface area contributed by atoms with Crippen molar-refractivity contribution in [3.8, 4) is 0 Å². The van der Waals surface area contributed by atoms with Crippen LogP contribution in [-0.4, -0.2) is 5.97 Å². The van der Waals surface area contributed by atoms with Gasteiger partial charge < -0.3 is 10.5 Å². The number of esters is 1. The van der Waals surface area contributed by atoms with E-state index in [1.807, 2.05) is 12.1 Å². The zero-order valence-corrected chi connectivity index (χ0v) is 12.5. The highest BCUT2D eigenvalue weighted by molar-refractivity contribution is 9.11. The largest absolute Gasteiger partial charge is 0.456 e. The van der Waals surface area contributed by atoms with E-state index in [4.69, 9.17) is 10.5 Å². The minimum absolute atomic E-state index is 0.122. The maximum atomic E-state index is 13.5. The Morgan fingerprint density at radius 3 is 2.79 bits per heavy atom. The van der Waals surface area contributed by atoms with Crippen molar-refractivity contribution in [3.05, 3.63) is 49.9 Å². The summed E-state index contributed by atoms with van der Waals surface area (Å²) in [5.74, 6) is -1.10. The minimum Gasteiger partial charge on any atom is -0.456 e. The van der Waals surface area contributed by atoms with Crippen LogP contribution >= 0.6 is 27.3 Å². The number of nitrogens with two attached hydrogens (primary N) is 1. The Labute approximate surface area is 122 Å². The number of hydrogen-bond acceptors (Lipinski definition) is 4. The number of hydrogen-bond donors (Lipinski definition) is 1. The molecule has 0 saturated carbocycles. The van der Waals surface area contributed by atoms with Crippen LogP contribution in [-0.2, 0) is 11.3 Å². The normalized spacial score (nSPS) is 10.5. The highest BCUT2D eigenvalue weighted by Crippen LogP contribution is 2.23. The summed E-state index contributed by atoms with van der Waals surface area (Å²) in [7, 11) is 0. The molecule has 100 valence electrons. The van der Waals surface area contributed by atoms with Crippen LogP contribution < -0.4 is 5.73 Å². The van der Waals surface area contributed by atoms with Gasteiger partial charge in [0, 0.05) is 16.1 Å². The summed E-state index contributed by atoms with van der Waals surface area (Å²) >= 11 is 4.80. The molecule has 1 aromatic carbocycles. The van der Waals surface area contributed by atoms with Crippen LogP contribution in [0.25, 0.3) is 0 Å². The van der Waals surface area contributed by atoms with Gasteiger partial charge in [0.1, 0.15) is 12.4 Å². The first-order chi connectivity index (χ1) is 8.97. The number of benzene rings is 1. The first kappa shape index (κ1) is 14.0. The Bertz CT molecular complexity index is 604. The number of nitrogen functional groups attached to an aromatic ring is 1. The summed E-state index contributed by atoms with van der Waals surface area (Å²) in [6.07, 6.45) is 0. The molecule has 19 heavy (non-hydrogen) atoms. The van der Waals surface area contributed by atoms with Gasteiger partial charge in [0.15, 0.2) is 0 Å². The fourth-order valence-electron chi connectivity index (χ4n) is 1.47. The molecule has 2 N–H and O–H groups in total. The van der Waals surface area contributed by atoms with Gasteiger partial charge in [0.25, 0.3) is 0 Å². The van der Waals surface area contributed by atoms with Crippen molar-refractivity contribution in [2.75, 3.05) is 5.73 Å². The van der Waals surface area contributed by atoms with E-state index < -0.39 is 11.8 Å². The van der Waals surface area contributed by atoms with E-state index >= 15 is 0 Å². The van der Waals surface area contributed by atoms with Crippen molar-refractivity contribution in [1.29, 1.82) is 0 Å². The number of rotatable bonds is 3. The molecule has 6 heteroatoms. The van der Waals surface area contributed by atoms with Gasteiger partial charge in [-0.2, -0.15) is 0 Å². The molecule has 1 aromatic heterocycles. The zero-order valence-electron chi connectivity index (χ0n) is 10.1. The Morgan fingerprint density at radius 2 is 2.21 bits per heavy atom. The number of halogens is 2. The second kappa shape index (κ2) is 5.71. The van der Waals surface area contributed by atoms with E-state index in [1.54, 1.807) is 6.92 Å². The van der Waals surface area contributed by atoms with Crippen molar-refractivity contribution in [2.45, 2.75) is 13.5 Å². The number of anilines is 1. The van der Waals surface area contributed by atoms with Crippen molar-refractivity contribution in [2.24, 2.45) is 0 Å². The summed E-state index contributed by atoms with van der Waals surface area (Å²) in [5.41, 5.74) is 6.31. The molecule has 0 saturated heterocycles.